The van der Waals surface area contributed by atoms with Crippen LogP contribution in [0.1, 0.15) is 15.2 Å². The van der Waals surface area contributed by atoms with Gasteiger partial charge in [-0.2, -0.15) is 0 Å². The Morgan fingerprint density at radius 3 is 2.89 bits per heavy atom. The number of ether oxygens (including phenoxy) is 2. The smallest absolute Gasteiger partial charge is 0.336 e. The second kappa shape index (κ2) is 6.02. The van der Waals surface area contributed by atoms with E-state index in [1.54, 1.807) is 4.90 Å². The molecule has 1 aliphatic rings. The van der Waals surface area contributed by atoms with Gasteiger partial charge in [0.25, 0.3) is 5.91 Å². The SMILES string of the molecule is COC(=O)C1CN(C(=O)c2cc(C)c(Br)s2)CCO1. The standard InChI is InChI=1S/C12H14BrNO4S/c1-7-5-9(19-10(7)13)11(15)14-3-4-18-8(6-14)12(16)17-2/h5,8H,3-4,6H2,1-2H3. The number of nitrogens with zero attached hydrogens (tertiary/aromatic N) is 1. The molecule has 0 aliphatic carbocycles. The number of carbonyl (C=O) groups excluding carboxylic acids is 2. The molecule has 1 aromatic rings. The lowest BCUT2D eigenvalue weighted by atomic mass is 10.2. The number of esters is 1. The second-order valence-electron chi connectivity index (χ2n) is 4.20. The Morgan fingerprint density at radius 2 is 2.32 bits per heavy atom. The van der Waals surface area contributed by atoms with Crippen LogP contribution in [-0.2, 0) is 14.3 Å². The molecule has 0 N–H and O–H groups in total. The normalized spacial score (nSPS) is 19.3. The van der Waals surface area contributed by atoms with Crippen molar-refractivity contribution in [3.63, 3.8) is 0 Å². The minimum atomic E-state index is -0.688. The number of halogens is 1. The van der Waals surface area contributed by atoms with Crippen LogP contribution < -0.4 is 0 Å². The minimum absolute atomic E-state index is 0.0731. The number of rotatable bonds is 2. The predicted octanol–water partition coefficient (Wildman–Crippen LogP) is 1.83. The van der Waals surface area contributed by atoms with Crippen LogP contribution in [-0.4, -0.2) is 49.7 Å². The van der Waals surface area contributed by atoms with Gasteiger partial charge in [0.05, 0.1) is 28.9 Å². The Bertz CT molecular complexity index is 482. The van der Waals surface area contributed by atoms with Crippen molar-refractivity contribution in [3.05, 3.63) is 20.3 Å². The Kier molecular flexibility index (Phi) is 4.59. The molecule has 1 aliphatic heterocycles. The topological polar surface area (TPSA) is 55.8 Å². The van der Waals surface area contributed by atoms with E-state index in [9.17, 15) is 9.59 Å². The monoisotopic (exact) mass is 347 g/mol. The summed E-state index contributed by atoms with van der Waals surface area (Å²) < 4.78 is 10.9. The van der Waals surface area contributed by atoms with Gasteiger partial charge in [-0.25, -0.2) is 4.79 Å². The number of hydrogen-bond donors (Lipinski definition) is 0. The van der Waals surface area contributed by atoms with E-state index in [0.717, 1.165) is 9.35 Å². The van der Waals surface area contributed by atoms with Gasteiger partial charge in [-0.3, -0.25) is 4.79 Å². The number of aryl methyl sites for hydroxylation is 1. The van der Waals surface area contributed by atoms with E-state index in [-0.39, 0.29) is 12.5 Å². The third-order valence-corrected chi connectivity index (χ3v) is 5.01. The van der Waals surface area contributed by atoms with E-state index in [1.807, 2.05) is 13.0 Å². The van der Waals surface area contributed by atoms with Gasteiger partial charge in [0.2, 0.25) is 0 Å². The summed E-state index contributed by atoms with van der Waals surface area (Å²) in [4.78, 5) is 26.1. The second-order valence-corrected chi connectivity index (χ2v) is 6.57. The number of morpholine rings is 1. The fourth-order valence-electron chi connectivity index (χ4n) is 1.83. The summed E-state index contributed by atoms with van der Waals surface area (Å²) >= 11 is 4.80. The maximum atomic E-state index is 12.3. The van der Waals surface area contributed by atoms with Gasteiger partial charge < -0.3 is 14.4 Å². The lowest BCUT2D eigenvalue weighted by Crippen LogP contribution is -2.48. The maximum absolute atomic E-state index is 12.3. The number of amides is 1. The molecule has 1 amide bonds. The van der Waals surface area contributed by atoms with Crippen LogP contribution in [0.2, 0.25) is 0 Å². The fourth-order valence-corrected chi connectivity index (χ4v) is 3.33. The van der Waals surface area contributed by atoms with Gasteiger partial charge in [0, 0.05) is 6.54 Å². The molecule has 2 rings (SSSR count). The Morgan fingerprint density at radius 1 is 1.58 bits per heavy atom. The summed E-state index contributed by atoms with van der Waals surface area (Å²) in [6.45, 7) is 3.01. The molecule has 0 aromatic carbocycles. The number of methoxy groups -OCH3 is 1. The van der Waals surface area contributed by atoms with Crippen molar-refractivity contribution in [1.82, 2.24) is 4.90 Å². The zero-order chi connectivity index (χ0) is 14.0. The molecular weight excluding hydrogens is 334 g/mol. The molecule has 0 saturated carbocycles. The van der Waals surface area contributed by atoms with E-state index in [2.05, 4.69) is 20.7 Å². The molecule has 1 atom stereocenters. The average molecular weight is 348 g/mol. The highest BCUT2D eigenvalue weighted by atomic mass is 79.9. The molecular formula is C12H14BrNO4S. The number of thiophene rings is 1. The van der Waals surface area contributed by atoms with Crippen molar-refractivity contribution in [2.45, 2.75) is 13.0 Å². The van der Waals surface area contributed by atoms with E-state index >= 15 is 0 Å². The summed E-state index contributed by atoms with van der Waals surface area (Å²) in [6, 6.07) is 1.85. The van der Waals surface area contributed by atoms with Crippen LogP contribution in [0, 0.1) is 6.92 Å². The summed E-state index contributed by atoms with van der Waals surface area (Å²) in [7, 11) is 1.31. The molecule has 19 heavy (non-hydrogen) atoms. The van der Waals surface area contributed by atoms with Crippen molar-refractivity contribution >= 4 is 39.1 Å². The van der Waals surface area contributed by atoms with E-state index in [4.69, 9.17) is 4.74 Å². The first-order chi connectivity index (χ1) is 9.02. The van der Waals surface area contributed by atoms with E-state index in [0.29, 0.717) is 18.0 Å². The molecule has 0 bridgehead atoms. The summed E-state index contributed by atoms with van der Waals surface area (Å²) in [5.41, 5.74) is 1.03. The highest BCUT2D eigenvalue weighted by molar-refractivity contribution is 9.11. The quantitative estimate of drug-likeness (QED) is 0.766. The van der Waals surface area contributed by atoms with Gasteiger partial charge in [-0.05, 0) is 34.5 Å². The molecule has 1 saturated heterocycles. The van der Waals surface area contributed by atoms with Crippen molar-refractivity contribution in [2.24, 2.45) is 0 Å². The van der Waals surface area contributed by atoms with Gasteiger partial charge in [-0.15, -0.1) is 11.3 Å². The maximum Gasteiger partial charge on any atom is 0.336 e. The lowest BCUT2D eigenvalue weighted by molar-refractivity contribution is -0.158. The van der Waals surface area contributed by atoms with Crippen LogP contribution >= 0.6 is 27.3 Å². The van der Waals surface area contributed by atoms with Crippen molar-refractivity contribution < 1.29 is 19.1 Å². The molecule has 0 radical (unpaired) electrons. The molecule has 5 nitrogen and oxygen atoms in total. The first-order valence-electron chi connectivity index (χ1n) is 5.77. The first-order valence-corrected chi connectivity index (χ1v) is 7.38. The summed E-state index contributed by atoms with van der Waals surface area (Å²) in [5.74, 6) is -0.517. The molecule has 1 aromatic heterocycles. The highest BCUT2D eigenvalue weighted by Crippen LogP contribution is 2.28. The third-order valence-electron chi connectivity index (χ3n) is 2.89. The minimum Gasteiger partial charge on any atom is -0.467 e. The average Bonchev–Trinajstić information content (AvgIpc) is 2.77. The summed E-state index contributed by atoms with van der Waals surface area (Å²) in [6.07, 6.45) is -0.688. The molecule has 1 fully saturated rings. The zero-order valence-electron chi connectivity index (χ0n) is 10.6. The Balaban J connectivity index is 2.09. The lowest BCUT2D eigenvalue weighted by Gasteiger charge is -2.31. The Hall–Kier alpha value is -0.920. The van der Waals surface area contributed by atoms with Gasteiger partial charge in [0.15, 0.2) is 6.10 Å². The van der Waals surface area contributed by atoms with Crippen LogP contribution in [0.3, 0.4) is 0 Å². The van der Waals surface area contributed by atoms with Crippen LogP contribution in [0.5, 0.6) is 0 Å². The summed E-state index contributed by atoms with van der Waals surface area (Å²) in [5, 5.41) is 0. The van der Waals surface area contributed by atoms with Crippen LogP contribution in [0.25, 0.3) is 0 Å². The van der Waals surface area contributed by atoms with Gasteiger partial charge >= 0.3 is 5.97 Å². The molecule has 0 spiro atoms. The Labute approximate surface area is 123 Å². The first kappa shape index (κ1) is 14.5. The molecule has 104 valence electrons. The number of carbonyl (C=O) groups is 2. The molecule has 7 heteroatoms. The van der Waals surface area contributed by atoms with E-state index < -0.39 is 12.1 Å². The van der Waals surface area contributed by atoms with Gasteiger partial charge in [0.1, 0.15) is 0 Å². The zero-order valence-corrected chi connectivity index (χ0v) is 13.0. The van der Waals surface area contributed by atoms with Crippen LogP contribution in [0.15, 0.2) is 9.85 Å². The van der Waals surface area contributed by atoms with Crippen molar-refractivity contribution in [3.8, 4) is 0 Å². The molecule has 1 unspecified atom stereocenters. The largest absolute Gasteiger partial charge is 0.467 e. The van der Waals surface area contributed by atoms with Crippen LogP contribution in [0.4, 0.5) is 0 Å². The van der Waals surface area contributed by atoms with Crippen molar-refractivity contribution in [1.29, 1.82) is 0 Å². The number of hydrogen-bond acceptors (Lipinski definition) is 5. The van der Waals surface area contributed by atoms with Gasteiger partial charge in [-0.1, -0.05) is 0 Å². The third kappa shape index (κ3) is 3.16. The van der Waals surface area contributed by atoms with Crippen molar-refractivity contribution in [2.75, 3.05) is 26.8 Å². The molecule has 2 heterocycles. The fraction of sp³-hybridized carbons (Fsp3) is 0.500. The highest BCUT2D eigenvalue weighted by Gasteiger charge is 2.31. The predicted molar refractivity (Wildman–Crippen MR) is 74.4 cm³/mol. The van der Waals surface area contributed by atoms with E-state index in [1.165, 1.54) is 18.4 Å².